The highest BCUT2D eigenvalue weighted by molar-refractivity contribution is 6.03. The lowest BCUT2D eigenvalue weighted by Gasteiger charge is -2.11. The number of primary amides is 1. The van der Waals surface area contributed by atoms with Gasteiger partial charge in [0, 0.05) is 28.3 Å². The van der Waals surface area contributed by atoms with Gasteiger partial charge in [0.1, 0.15) is 16.9 Å². The number of para-hydroxylation sites is 1. The number of hydrogen-bond donors (Lipinski definition) is 2. The maximum Gasteiger partial charge on any atom is 0.339 e. The van der Waals surface area contributed by atoms with E-state index in [1.165, 1.54) is 0 Å². The third-order valence-electron chi connectivity index (χ3n) is 6.01. The van der Waals surface area contributed by atoms with Gasteiger partial charge in [-0.25, -0.2) is 4.79 Å². The molecule has 2 amide bonds. The SMILES string of the molecule is Cc1oc2c(C)c3oc(=O)c(CCC(=O)Nc4ccccc4C(N)=O)c(C)c3cc2c1C. The van der Waals surface area contributed by atoms with Crippen molar-refractivity contribution in [2.45, 2.75) is 40.5 Å². The van der Waals surface area contributed by atoms with Crippen LogP contribution in [0.25, 0.3) is 21.9 Å². The predicted octanol–water partition coefficient (Wildman–Crippen LogP) is 4.44. The fourth-order valence-electron chi connectivity index (χ4n) is 4.04. The van der Waals surface area contributed by atoms with E-state index < -0.39 is 11.5 Å². The number of rotatable bonds is 5. The molecule has 0 saturated heterocycles. The second kappa shape index (κ2) is 8.00. The Morgan fingerprint density at radius 2 is 1.59 bits per heavy atom. The molecule has 2 aromatic heterocycles. The van der Waals surface area contributed by atoms with E-state index in [-0.39, 0.29) is 24.3 Å². The van der Waals surface area contributed by atoms with Crippen LogP contribution in [0, 0.1) is 27.7 Å². The van der Waals surface area contributed by atoms with Crippen LogP contribution in [0.15, 0.2) is 44.0 Å². The molecule has 3 N–H and O–H groups in total. The number of amides is 2. The highest BCUT2D eigenvalue weighted by Crippen LogP contribution is 2.34. The van der Waals surface area contributed by atoms with Gasteiger partial charge in [0.15, 0.2) is 0 Å². The Hall–Kier alpha value is -3.87. The number of hydrogen-bond acceptors (Lipinski definition) is 5. The summed E-state index contributed by atoms with van der Waals surface area (Å²) in [6.45, 7) is 7.64. The third kappa shape index (κ3) is 3.56. The maximum absolute atomic E-state index is 12.7. The Kier molecular flexibility index (Phi) is 5.34. The number of nitrogens with one attached hydrogen (secondary N) is 1. The number of benzene rings is 2. The number of nitrogens with two attached hydrogens (primary N) is 1. The molecule has 7 nitrogen and oxygen atoms in total. The molecular weight excluding hydrogens is 408 g/mol. The molecule has 164 valence electrons. The number of carbonyl (C=O) groups is 2. The van der Waals surface area contributed by atoms with Crippen LogP contribution >= 0.6 is 0 Å². The summed E-state index contributed by atoms with van der Waals surface area (Å²) in [4.78, 5) is 36.8. The molecule has 4 rings (SSSR count). The molecule has 0 fully saturated rings. The summed E-state index contributed by atoms with van der Waals surface area (Å²) in [5.41, 5.74) is 9.74. The highest BCUT2D eigenvalue weighted by atomic mass is 16.4. The molecule has 0 aliphatic rings. The Morgan fingerprint density at radius 1 is 0.938 bits per heavy atom. The minimum absolute atomic E-state index is 0.0509. The molecule has 7 heteroatoms. The van der Waals surface area contributed by atoms with E-state index in [9.17, 15) is 14.4 Å². The zero-order valence-electron chi connectivity index (χ0n) is 18.4. The number of carbonyl (C=O) groups excluding carboxylic acids is 2. The van der Waals surface area contributed by atoms with Gasteiger partial charge in [-0.3, -0.25) is 9.59 Å². The molecule has 32 heavy (non-hydrogen) atoms. The average molecular weight is 432 g/mol. The second-order valence-electron chi connectivity index (χ2n) is 7.99. The zero-order chi connectivity index (χ0) is 23.2. The largest absolute Gasteiger partial charge is 0.461 e. The van der Waals surface area contributed by atoms with Crippen LogP contribution in [0.5, 0.6) is 0 Å². The molecule has 2 aromatic carbocycles. The third-order valence-corrected chi connectivity index (χ3v) is 6.01. The first-order valence-corrected chi connectivity index (χ1v) is 10.3. The monoisotopic (exact) mass is 432 g/mol. The molecule has 0 atom stereocenters. The molecule has 0 unspecified atom stereocenters. The molecule has 0 aliphatic heterocycles. The smallest absolute Gasteiger partial charge is 0.339 e. The van der Waals surface area contributed by atoms with Crippen molar-refractivity contribution in [3.63, 3.8) is 0 Å². The van der Waals surface area contributed by atoms with Crippen LogP contribution in [-0.2, 0) is 11.2 Å². The zero-order valence-corrected chi connectivity index (χ0v) is 18.4. The van der Waals surface area contributed by atoms with Gasteiger partial charge in [0.2, 0.25) is 5.91 Å². The number of fused-ring (bicyclic) bond motifs is 2. The van der Waals surface area contributed by atoms with Crippen LogP contribution in [0.3, 0.4) is 0 Å². The predicted molar refractivity (Wildman–Crippen MR) is 123 cm³/mol. The normalized spacial score (nSPS) is 11.2. The first-order valence-electron chi connectivity index (χ1n) is 10.3. The lowest BCUT2D eigenvalue weighted by molar-refractivity contribution is -0.116. The van der Waals surface area contributed by atoms with Crippen LogP contribution in [0.1, 0.15) is 44.8 Å². The summed E-state index contributed by atoms with van der Waals surface area (Å²) < 4.78 is 11.5. The lowest BCUT2D eigenvalue weighted by Crippen LogP contribution is -2.19. The molecule has 2 heterocycles. The maximum atomic E-state index is 12.7. The molecule has 0 saturated carbocycles. The van der Waals surface area contributed by atoms with Crippen molar-refractivity contribution in [3.05, 3.63) is 74.3 Å². The fourth-order valence-corrected chi connectivity index (χ4v) is 4.04. The van der Waals surface area contributed by atoms with E-state index in [2.05, 4.69) is 5.32 Å². The second-order valence-corrected chi connectivity index (χ2v) is 7.99. The van der Waals surface area contributed by atoms with Gasteiger partial charge in [-0.2, -0.15) is 0 Å². The Morgan fingerprint density at radius 3 is 2.31 bits per heavy atom. The number of anilines is 1. The fraction of sp³-hybridized carbons (Fsp3) is 0.240. The average Bonchev–Trinajstić information content (AvgIpc) is 3.03. The first-order chi connectivity index (χ1) is 15.2. The summed E-state index contributed by atoms with van der Waals surface area (Å²) in [6, 6.07) is 8.50. The van der Waals surface area contributed by atoms with Crippen molar-refractivity contribution in [1.29, 1.82) is 0 Å². The van der Waals surface area contributed by atoms with Gasteiger partial charge in [-0.05, 0) is 63.4 Å². The summed E-state index contributed by atoms with van der Waals surface area (Å²) in [5, 5.41) is 4.51. The van der Waals surface area contributed by atoms with E-state index in [4.69, 9.17) is 14.6 Å². The van der Waals surface area contributed by atoms with Gasteiger partial charge in [-0.1, -0.05) is 12.1 Å². The molecule has 0 aliphatic carbocycles. The molecule has 0 bridgehead atoms. The molecule has 4 aromatic rings. The van der Waals surface area contributed by atoms with Crippen LogP contribution in [0.4, 0.5) is 5.69 Å². The van der Waals surface area contributed by atoms with Crippen molar-refractivity contribution < 1.29 is 18.4 Å². The summed E-state index contributed by atoms with van der Waals surface area (Å²) in [6.07, 6.45) is 0.254. The lowest BCUT2D eigenvalue weighted by atomic mass is 9.98. The molecule has 0 radical (unpaired) electrons. The standard InChI is InChI=1S/C25H24N2O5/c1-12-15(4)31-22-14(3)23-19(11-18(12)22)13(2)16(25(30)32-23)9-10-21(28)27-20-8-6-5-7-17(20)24(26)29/h5-8,11H,9-10H2,1-4H3,(H2,26,29)(H,27,28). The van der Waals surface area contributed by atoms with Crippen molar-refractivity contribution in [3.8, 4) is 0 Å². The Balaban J connectivity index is 1.66. The van der Waals surface area contributed by atoms with Crippen LogP contribution in [0.2, 0.25) is 0 Å². The van der Waals surface area contributed by atoms with Gasteiger partial charge in [-0.15, -0.1) is 0 Å². The van der Waals surface area contributed by atoms with Crippen LogP contribution in [-0.4, -0.2) is 11.8 Å². The van der Waals surface area contributed by atoms with Gasteiger partial charge in [0.05, 0.1) is 11.3 Å². The van der Waals surface area contributed by atoms with Crippen molar-refractivity contribution in [2.24, 2.45) is 5.73 Å². The quantitative estimate of drug-likeness (QED) is 0.452. The summed E-state index contributed by atoms with van der Waals surface area (Å²) >= 11 is 0. The molecular formula is C25H24N2O5. The van der Waals surface area contributed by atoms with Gasteiger partial charge in [0.25, 0.3) is 5.91 Å². The Bertz CT molecular complexity index is 1460. The van der Waals surface area contributed by atoms with E-state index >= 15 is 0 Å². The first kappa shape index (κ1) is 21.4. The van der Waals surface area contributed by atoms with Crippen molar-refractivity contribution in [1.82, 2.24) is 0 Å². The van der Waals surface area contributed by atoms with Crippen LogP contribution < -0.4 is 16.7 Å². The highest BCUT2D eigenvalue weighted by Gasteiger charge is 2.19. The van der Waals surface area contributed by atoms with E-state index in [0.717, 1.165) is 38.8 Å². The van der Waals surface area contributed by atoms with Gasteiger partial charge < -0.3 is 19.9 Å². The van der Waals surface area contributed by atoms with Crippen molar-refractivity contribution in [2.75, 3.05) is 5.32 Å². The topological polar surface area (TPSA) is 116 Å². The van der Waals surface area contributed by atoms with E-state index in [1.807, 2.05) is 33.8 Å². The number of furan rings is 1. The summed E-state index contributed by atoms with van der Waals surface area (Å²) in [7, 11) is 0. The van der Waals surface area contributed by atoms with E-state index in [0.29, 0.717) is 16.8 Å². The minimum atomic E-state index is -0.627. The minimum Gasteiger partial charge on any atom is -0.461 e. The van der Waals surface area contributed by atoms with Crippen molar-refractivity contribution >= 4 is 39.4 Å². The van der Waals surface area contributed by atoms with E-state index in [1.54, 1.807) is 24.3 Å². The summed E-state index contributed by atoms with van der Waals surface area (Å²) in [5.74, 6) is -0.129. The van der Waals surface area contributed by atoms with Gasteiger partial charge >= 0.3 is 5.63 Å². The Labute approximate surface area is 184 Å². The number of aryl methyl sites for hydroxylation is 4. The molecule has 0 spiro atoms.